The molecule has 5 heteroatoms. The van der Waals surface area contributed by atoms with Crippen LogP contribution in [0.5, 0.6) is 0 Å². The molecular weight excluding hydrogens is 238 g/mol. The molecule has 0 fully saturated rings. The van der Waals surface area contributed by atoms with Gasteiger partial charge in [-0.2, -0.15) is 0 Å². The van der Waals surface area contributed by atoms with Crippen molar-refractivity contribution in [2.24, 2.45) is 5.73 Å². The second-order valence-electron chi connectivity index (χ2n) is 5.51. The van der Waals surface area contributed by atoms with Gasteiger partial charge in [-0.05, 0) is 40.2 Å². The minimum absolute atomic E-state index is 0.0593. The van der Waals surface area contributed by atoms with Crippen LogP contribution < -0.4 is 16.4 Å². The minimum atomic E-state index is -0.0593. The molecular formula is C14H27N5. The van der Waals surface area contributed by atoms with Crippen molar-refractivity contribution in [3.8, 4) is 0 Å². The molecule has 0 atom stereocenters. The molecule has 1 rings (SSSR count). The normalized spacial score (nSPS) is 11.4. The highest BCUT2D eigenvalue weighted by molar-refractivity contribution is 5.48. The van der Waals surface area contributed by atoms with Gasteiger partial charge in [-0.3, -0.25) is 0 Å². The summed E-state index contributed by atoms with van der Waals surface area (Å²) in [6.45, 7) is 9.94. The zero-order valence-corrected chi connectivity index (χ0v) is 12.6. The summed E-state index contributed by atoms with van der Waals surface area (Å²) in [5.41, 5.74) is 5.56. The Labute approximate surface area is 116 Å². The number of aromatic nitrogens is 2. The molecule has 0 spiro atoms. The molecule has 0 radical (unpaired) electrons. The van der Waals surface area contributed by atoms with E-state index in [0.29, 0.717) is 6.54 Å². The quantitative estimate of drug-likeness (QED) is 0.630. The number of rotatable bonds is 8. The van der Waals surface area contributed by atoms with E-state index >= 15 is 0 Å². The van der Waals surface area contributed by atoms with Crippen LogP contribution in [0.25, 0.3) is 0 Å². The molecule has 0 saturated heterocycles. The Morgan fingerprint density at radius 1 is 1.26 bits per heavy atom. The van der Waals surface area contributed by atoms with Crippen molar-refractivity contribution in [2.75, 3.05) is 23.7 Å². The largest absolute Gasteiger partial charge is 0.370 e. The molecule has 1 heterocycles. The van der Waals surface area contributed by atoms with Crippen LogP contribution >= 0.6 is 0 Å². The lowest BCUT2D eigenvalue weighted by Gasteiger charge is -2.26. The molecule has 0 amide bonds. The molecule has 0 aliphatic heterocycles. The lowest BCUT2D eigenvalue weighted by molar-refractivity contribution is 0.524. The second kappa shape index (κ2) is 7.28. The summed E-state index contributed by atoms with van der Waals surface area (Å²) < 4.78 is 0. The number of unbranched alkanes of at least 4 members (excludes halogenated alkanes) is 1. The third kappa shape index (κ3) is 5.87. The van der Waals surface area contributed by atoms with Gasteiger partial charge in [0.1, 0.15) is 17.5 Å². The zero-order chi connectivity index (χ0) is 14.3. The lowest BCUT2D eigenvalue weighted by atomic mass is 10.0. The number of nitrogens with two attached hydrogens (primary N) is 1. The fraction of sp³-hybridized carbons (Fsp3) is 0.714. The Morgan fingerprint density at radius 3 is 2.58 bits per heavy atom. The highest BCUT2D eigenvalue weighted by Crippen LogP contribution is 2.18. The topological polar surface area (TPSA) is 75.9 Å². The third-order valence-corrected chi connectivity index (χ3v) is 2.91. The van der Waals surface area contributed by atoms with Gasteiger partial charge in [0, 0.05) is 18.2 Å². The van der Waals surface area contributed by atoms with Crippen molar-refractivity contribution in [3.63, 3.8) is 0 Å². The van der Waals surface area contributed by atoms with Gasteiger partial charge in [0.2, 0.25) is 0 Å². The van der Waals surface area contributed by atoms with E-state index in [1.54, 1.807) is 0 Å². The van der Waals surface area contributed by atoms with Crippen molar-refractivity contribution in [3.05, 3.63) is 11.9 Å². The second-order valence-corrected chi connectivity index (χ2v) is 5.51. The van der Waals surface area contributed by atoms with Crippen LogP contribution in [-0.2, 0) is 0 Å². The highest BCUT2D eigenvalue weighted by Gasteiger charge is 2.17. The van der Waals surface area contributed by atoms with Crippen LogP contribution in [0.2, 0.25) is 0 Å². The highest BCUT2D eigenvalue weighted by atomic mass is 15.1. The fourth-order valence-corrected chi connectivity index (χ4v) is 1.89. The maximum atomic E-state index is 5.62. The molecule has 1 aromatic heterocycles. The molecule has 0 unspecified atom stereocenters. The van der Waals surface area contributed by atoms with E-state index in [1.807, 2.05) is 13.0 Å². The molecule has 0 aliphatic rings. The Kier molecular flexibility index (Phi) is 6.02. The molecule has 108 valence electrons. The summed E-state index contributed by atoms with van der Waals surface area (Å²) in [6.07, 6.45) is 3.21. The maximum Gasteiger partial charge on any atom is 0.132 e. The first-order chi connectivity index (χ1) is 8.96. The SMILES string of the molecule is CCCCNc1cc(NC(C)(C)CCN)nc(C)n1. The standard InChI is InChI=1S/C14H27N5/c1-5-6-9-16-12-10-13(18-11(2)17-12)19-14(3,4)7-8-15/h10H,5-9,15H2,1-4H3,(H2,16,17,18,19). The predicted molar refractivity (Wildman–Crippen MR) is 81.5 cm³/mol. The third-order valence-electron chi connectivity index (χ3n) is 2.91. The van der Waals surface area contributed by atoms with Crippen molar-refractivity contribution < 1.29 is 0 Å². The maximum absolute atomic E-state index is 5.62. The van der Waals surface area contributed by atoms with Crippen LogP contribution in [0.4, 0.5) is 11.6 Å². The van der Waals surface area contributed by atoms with E-state index in [9.17, 15) is 0 Å². The smallest absolute Gasteiger partial charge is 0.132 e. The van der Waals surface area contributed by atoms with Gasteiger partial charge in [0.05, 0.1) is 0 Å². The zero-order valence-electron chi connectivity index (χ0n) is 12.6. The molecule has 1 aromatic rings. The monoisotopic (exact) mass is 265 g/mol. The van der Waals surface area contributed by atoms with Crippen LogP contribution in [0.15, 0.2) is 6.07 Å². The van der Waals surface area contributed by atoms with E-state index in [2.05, 4.69) is 41.4 Å². The molecule has 5 nitrogen and oxygen atoms in total. The summed E-state index contributed by atoms with van der Waals surface area (Å²) in [7, 11) is 0. The predicted octanol–water partition coefficient (Wildman–Crippen LogP) is 2.54. The Hall–Kier alpha value is -1.36. The van der Waals surface area contributed by atoms with Crippen LogP contribution in [0, 0.1) is 6.92 Å². The van der Waals surface area contributed by atoms with Gasteiger partial charge < -0.3 is 16.4 Å². The van der Waals surface area contributed by atoms with Gasteiger partial charge in [-0.15, -0.1) is 0 Å². The van der Waals surface area contributed by atoms with Crippen LogP contribution in [-0.4, -0.2) is 28.6 Å². The van der Waals surface area contributed by atoms with Gasteiger partial charge in [-0.1, -0.05) is 13.3 Å². The Bertz CT molecular complexity index is 389. The van der Waals surface area contributed by atoms with E-state index < -0.39 is 0 Å². The van der Waals surface area contributed by atoms with Crippen molar-refractivity contribution in [1.29, 1.82) is 0 Å². The number of aryl methyl sites for hydroxylation is 1. The van der Waals surface area contributed by atoms with Crippen molar-refractivity contribution >= 4 is 11.6 Å². The average Bonchev–Trinajstić information content (AvgIpc) is 2.27. The number of nitrogens with zero attached hydrogens (tertiary/aromatic N) is 2. The summed E-state index contributed by atoms with van der Waals surface area (Å²) in [5, 5.41) is 6.75. The molecule has 0 bridgehead atoms. The fourth-order valence-electron chi connectivity index (χ4n) is 1.89. The van der Waals surface area contributed by atoms with Crippen LogP contribution in [0.1, 0.15) is 45.9 Å². The van der Waals surface area contributed by atoms with Gasteiger partial charge in [0.15, 0.2) is 0 Å². The summed E-state index contributed by atoms with van der Waals surface area (Å²) >= 11 is 0. The molecule has 0 aromatic carbocycles. The van der Waals surface area contributed by atoms with E-state index in [-0.39, 0.29) is 5.54 Å². The van der Waals surface area contributed by atoms with Crippen molar-refractivity contribution in [1.82, 2.24) is 9.97 Å². The van der Waals surface area contributed by atoms with E-state index in [1.165, 1.54) is 6.42 Å². The summed E-state index contributed by atoms with van der Waals surface area (Å²) in [4.78, 5) is 8.82. The van der Waals surface area contributed by atoms with Crippen LogP contribution in [0.3, 0.4) is 0 Å². The van der Waals surface area contributed by atoms with Gasteiger partial charge in [0.25, 0.3) is 0 Å². The molecule has 0 aliphatic carbocycles. The van der Waals surface area contributed by atoms with E-state index in [0.717, 1.165) is 36.8 Å². The number of hydrogen-bond donors (Lipinski definition) is 3. The number of anilines is 2. The Morgan fingerprint density at radius 2 is 1.95 bits per heavy atom. The first kappa shape index (κ1) is 15.7. The summed E-state index contributed by atoms with van der Waals surface area (Å²) in [5.74, 6) is 2.50. The Balaban J connectivity index is 2.73. The van der Waals surface area contributed by atoms with Gasteiger partial charge in [-0.25, -0.2) is 9.97 Å². The molecule has 19 heavy (non-hydrogen) atoms. The molecule has 0 saturated carbocycles. The summed E-state index contributed by atoms with van der Waals surface area (Å²) in [6, 6.07) is 1.96. The first-order valence-electron chi connectivity index (χ1n) is 7.04. The van der Waals surface area contributed by atoms with Crippen molar-refractivity contribution in [2.45, 2.75) is 52.5 Å². The molecule has 4 N–H and O–H groups in total. The van der Waals surface area contributed by atoms with Gasteiger partial charge >= 0.3 is 0 Å². The first-order valence-corrected chi connectivity index (χ1v) is 7.04. The minimum Gasteiger partial charge on any atom is -0.370 e. The lowest BCUT2D eigenvalue weighted by Crippen LogP contribution is -2.34. The van der Waals surface area contributed by atoms with E-state index in [4.69, 9.17) is 5.73 Å². The number of hydrogen-bond acceptors (Lipinski definition) is 5. The number of nitrogens with one attached hydrogen (secondary N) is 2. The average molecular weight is 265 g/mol.